The molecule has 0 bridgehead atoms. The number of hydrogen-bond acceptors (Lipinski definition) is 5. The zero-order valence-electron chi connectivity index (χ0n) is 13.0. The molecule has 1 heterocycles. The van der Waals surface area contributed by atoms with E-state index in [0.29, 0.717) is 23.9 Å². The Hall–Kier alpha value is -3.15. The summed E-state index contributed by atoms with van der Waals surface area (Å²) >= 11 is 0. The Kier molecular flexibility index (Phi) is 4.86. The maximum Gasteiger partial charge on any atom is 0.255 e. The van der Waals surface area contributed by atoms with Crippen molar-refractivity contribution in [2.45, 2.75) is 12.8 Å². The third-order valence-electron chi connectivity index (χ3n) is 3.43. The number of rotatable bonds is 7. The molecule has 0 saturated heterocycles. The van der Waals surface area contributed by atoms with Crippen molar-refractivity contribution >= 4 is 5.91 Å². The van der Waals surface area contributed by atoms with Crippen molar-refractivity contribution in [1.82, 2.24) is 10.1 Å². The number of primary amides is 1. The van der Waals surface area contributed by atoms with Crippen LogP contribution in [0.15, 0.2) is 59.1 Å². The molecule has 24 heavy (non-hydrogen) atoms. The van der Waals surface area contributed by atoms with Gasteiger partial charge in [0.1, 0.15) is 5.75 Å². The third-order valence-corrected chi connectivity index (χ3v) is 3.43. The number of aromatic nitrogens is 2. The predicted molar refractivity (Wildman–Crippen MR) is 88.3 cm³/mol. The van der Waals surface area contributed by atoms with E-state index < -0.39 is 5.91 Å². The van der Waals surface area contributed by atoms with Gasteiger partial charge in [-0.15, -0.1) is 0 Å². The lowest BCUT2D eigenvalue weighted by Crippen LogP contribution is -2.19. The number of carbonyl (C=O) groups excluding carboxylic acids is 1. The second-order valence-electron chi connectivity index (χ2n) is 5.28. The normalized spacial score (nSPS) is 10.5. The van der Waals surface area contributed by atoms with E-state index in [1.165, 1.54) is 5.56 Å². The summed E-state index contributed by atoms with van der Waals surface area (Å²) in [5, 5.41) is 4.00. The molecule has 3 aromatic rings. The molecule has 122 valence electrons. The Morgan fingerprint density at radius 3 is 2.50 bits per heavy atom. The van der Waals surface area contributed by atoms with E-state index in [4.69, 9.17) is 15.0 Å². The molecule has 0 saturated carbocycles. The van der Waals surface area contributed by atoms with Crippen LogP contribution in [-0.2, 0) is 17.6 Å². The second-order valence-corrected chi connectivity index (χ2v) is 5.28. The first-order chi connectivity index (χ1) is 11.7. The first kappa shape index (κ1) is 15.7. The van der Waals surface area contributed by atoms with Crippen LogP contribution in [0.25, 0.3) is 11.4 Å². The van der Waals surface area contributed by atoms with E-state index in [1.807, 2.05) is 30.3 Å². The first-order valence-corrected chi connectivity index (χ1v) is 7.59. The van der Waals surface area contributed by atoms with Crippen LogP contribution in [0.2, 0.25) is 0 Å². The fraction of sp³-hybridized carbons (Fsp3) is 0.167. The number of nitrogens with zero attached hydrogens (tertiary/aromatic N) is 2. The van der Waals surface area contributed by atoms with Crippen molar-refractivity contribution in [3.8, 4) is 17.1 Å². The molecule has 0 aliphatic heterocycles. The largest absolute Gasteiger partial charge is 0.484 e. The summed E-state index contributed by atoms with van der Waals surface area (Å²) in [4.78, 5) is 15.1. The minimum atomic E-state index is -0.514. The molecule has 0 radical (unpaired) electrons. The van der Waals surface area contributed by atoms with Crippen LogP contribution in [0.5, 0.6) is 5.75 Å². The maximum absolute atomic E-state index is 10.7. The van der Waals surface area contributed by atoms with Gasteiger partial charge in [0.2, 0.25) is 11.7 Å². The van der Waals surface area contributed by atoms with Crippen molar-refractivity contribution in [2.24, 2.45) is 5.73 Å². The summed E-state index contributed by atoms with van der Waals surface area (Å²) in [5.74, 6) is 1.17. The van der Waals surface area contributed by atoms with Gasteiger partial charge in [-0.2, -0.15) is 4.98 Å². The van der Waals surface area contributed by atoms with Crippen LogP contribution in [-0.4, -0.2) is 22.7 Å². The lowest BCUT2D eigenvalue weighted by Gasteiger charge is -2.03. The van der Waals surface area contributed by atoms with Crippen LogP contribution in [0.3, 0.4) is 0 Å². The van der Waals surface area contributed by atoms with E-state index in [0.717, 1.165) is 12.0 Å². The van der Waals surface area contributed by atoms with Gasteiger partial charge in [0.15, 0.2) is 6.61 Å². The number of amides is 1. The molecule has 0 fully saturated rings. The van der Waals surface area contributed by atoms with Crippen LogP contribution < -0.4 is 10.5 Å². The second kappa shape index (κ2) is 7.41. The molecule has 2 aromatic carbocycles. The lowest BCUT2D eigenvalue weighted by atomic mass is 10.1. The van der Waals surface area contributed by atoms with Crippen molar-refractivity contribution in [2.75, 3.05) is 6.61 Å². The summed E-state index contributed by atoms with van der Waals surface area (Å²) in [6, 6.07) is 17.2. The number of nitrogens with two attached hydrogens (primary N) is 1. The molecule has 0 aliphatic carbocycles. The van der Waals surface area contributed by atoms with E-state index in [9.17, 15) is 4.79 Å². The third kappa shape index (κ3) is 4.19. The topological polar surface area (TPSA) is 91.2 Å². The number of aryl methyl sites for hydroxylation is 2. The van der Waals surface area contributed by atoms with Gasteiger partial charge in [-0.3, -0.25) is 4.79 Å². The van der Waals surface area contributed by atoms with Gasteiger partial charge in [-0.05, 0) is 36.2 Å². The van der Waals surface area contributed by atoms with E-state index in [-0.39, 0.29) is 6.61 Å². The molecule has 0 atom stereocenters. The van der Waals surface area contributed by atoms with Crippen molar-refractivity contribution in [3.63, 3.8) is 0 Å². The predicted octanol–water partition coefficient (Wildman–Crippen LogP) is 2.39. The zero-order valence-corrected chi connectivity index (χ0v) is 13.0. The summed E-state index contributed by atoms with van der Waals surface area (Å²) in [6.45, 7) is -0.148. The van der Waals surface area contributed by atoms with Gasteiger partial charge in [-0.1, -0.05) is 35.5 Å². The fourth-order valence-electron chi connectivity index (χ4n) is 2.22. The molecule has 6 nitrogen and oxygen atoms in total. The standard InChI is InChI=1S/C18H17N3O3/c19-16(22)12-23-15-9-7-14(8-10-15)18-20-17(24-21-18)11-6-13-4-2-1-3-5-13/h1-5,7-10H,6,11-12H2,(H2,19,22). The van der Waals surface area contributed by atoms with Crippen LogP contribution >= 0.6 is 0 Å². The summed E-state index contributed by atoms with van der Waals surface area (Å²) in [5.41, 5.74) is 7.08. The number of benzene rings is 2. The van der Waals surface area contributed by atoms with Crippen LogP contribution in [0.4, 0.5) is 0 Å². The molecule has 0 spiro atoms. The van der Waals surface area contributed by atoms with E-state index in [2.05, 4.69) is 22.3 Å². The minimum absolute atomic E-state index is 0.148. The average molecular weight is 323 g/mol. The van der Waals surface area contributed by atoms with E-state index >= 15 is 0 Å². The Labute approximate surface area is 139 Å². The first-order valence-electron chi connectivity index (χ1n) is 7.59. The molecule has 6 heteroatoms. The van der Waals surface area contributed by atoms with Crippen molar-refractivity contribution < 1.29 is 14.1 Å². The minimum Gasteiger partial charge on any atom is -0.484 e. The van der Waals surface area contributed by atoms with Gasteiger partial charge in [0, 0.05) is 12.0 Å². The van der Waals surface area contributed by atoms with Crippen molar-refractivity contribution in [3.05, 3.63) is 66.1 Å². The molecular weight excluding hydrogens is 306 g/mol. The molecule has 3 rings (SSSR count). The zero-order chi connectivity index (χ0) is 16.8. The van der Waals surface area contributed by atoms with Gasteiger partial charge in [0.25, 0.3) is 5.91 Å². The Morgan fingerprint density at radius 1 is 1.04 bits per heavy atom. The smallest absolute Gasteiger partial charge is 0.255 e. The van der Waals surface area contributed by atoms with Gasteiger partial charge < -0.3 is 15.0 Å². The molecule has 1 aromatic heterocycles. The fourth-order valence-corrected chi connectivity index (χ4v) is 2.22. The van der Waals surface area contributed by atoms with Gasteiger partial charge in [0.05, 0.1) is 0 Å². The Bertz CT molecular complexity index is 798. The number of hydrogen-bond donors (Lipinski definition) is 1. The molecule has 1 amide bonds. The maximum atomic E-state index is 10.7. The highest BCUT2D eigenvalue weighted by molar-refractivity contribution is 5.75. The average Bonchev–Trinajstić information content (AvgIpc) is 3.08. The number of ether oxygens (including phenoxy) is 1. The summed E-state index contributed by atoms with van der Waals surface area (Å²) in [6.07, 6.45) is 1.54. The highest BCUT2D eigenvalue weighted by Gasteiger charge is 2.09. The highest BCUT2D eigenvalue weighted by Crippen LogP contribution is 2.20. The Balaban J connectivity index is 1.61. The summed E-state index contributed by atoms with van der Waals surface area (Å²) < 4.78 is 10.5. The summed E-state index contributed by atoms with van der Waals surface area (Å²) in [7, 11) is 0. The molecule has 0 unspecified atom stereocenters. The van der Waals surface area contributed by atoms with Crippen LogP contribution in [0, 0.1) is 0 Å². The molecule has 2 N–H and O–H groups in total. The monoisotopic (exact) mass is 323 g/mol. The molecular formula is C18H17N3O3. The Morgan fingerprint density at radius 2 is 1.79 bits per heavy atom. The number of carbonyl (C=O) groups is 1. The quantitative estimate of drug-likeness (QED) is 0.721. The molecule has 0 aliphatic rings. The van der Waals surface area contributed by atoms with Crippen molar-refractivity contribution in [1.29, 1.82) is 0 Å². The highest BCUT2D eigenvalue weighted by atomic mass is 16.5. The van der Waals surface area contributed by atoms with Crippen LogP contribution in [0.1, 0.15) is 11.5 Å². The van der Waals surface area contributed by atoms with Gasteiger partial charge >= 0.3 is 0 Å². The van der Waals surface area contributed by atoms with Gasteiger partial charge in [-0.25, -0.2) is 0 Å². The van der Waals surface area contributed by atoms with E-state index in [1.54, 1.807) is 12.1 Å². The lowest BCUT2D eigenvalue weighted by molar-refractivity contribution is -0.119. The SMILES string of the molecule is NC(=O)COc1ccc(-c2noc(CCc3ccccc3)n2)cc1.